The molecule has 1 N–H and O–H groups in total. The number of nitrogens with zero attached hydrogens (tertiary/aromatic N) is 3. The minimum atomic E-state index is -0.212. The second-order valence-corrected chi connectivity index (χ2v) is 7.05. The van der Waals surface area contributed by atoms with Gasteiger partial charge in [0.1, 0.15) is 11.5 Å². The molecule has 0 radical (unpaired) electrons. The molecule has 0 atom stereocenters. The topological polar surface area (TPSA) is 61.6 Å². The molecule has 0 bridgehead atoms. The number of rotatable bonds is 5. The van der Waals surface area contributed by atoms with Gasteiger partial charge in [0.05, 0.1) is 12.8 Å². The van der Waals surface area contributed by atoms with Crippen molar-refractivity contribution in [3.63, 3.8) is 0 Å². The molecule has 0 spiro atoms. The standard InChI is InChI=1S/C21H21ClN4O2/c22-16-3-1-4-17(13-16)25-8-10-26(11-9-25)18-6-7-23-20(14-18)21(27)24-15-19-5-2-12-28-19/h1-7,12-14H,8-11,15H2,(H,24,27). The van der Waals surface area contributed by atoms with E-state index in [1.807, 2.05) is 36.4 Å². The SMILES string of the molecule is O=C(NCc1ccco1)c1cc(N2CCN(c3cccc(Cl)c3)CC2)ccn1. The van der Waals surface area contributed by atoms with Crippen molar-refractivity contribution in [2.24, 2.45) is 0 Å². The van der Waals surface area contributed by atoms with Gasteiger partial charge in [-0.2, -0.15) is 0 Å². The molecule has 1 amide bonds. The van der Waals surface area contributed by atoms with Crippen LogP contribution < -0.4 is 15.1 Å². The lowest BCUT2D eigenvalue weighted by Gasteiger charge is -2.37. The Balaban J connectivity index is 1.37. The highest BCUT2D eigenvalue weighted by Gasteiger charge is 2.19. The summed E-state index contributed by atoms with van der Waals surface area (Å²) in [5.41, 5.74) is 2.55. The minimum Gasteiger partial charge on any atom is -0.467 e. The van der Waals surface area contributed by atoms with Crippen LogP contribution in [0, 0.1) is 0 Å². The molecule has 0 aliphatic carbocycles. The molecular formula is C21H21ClN4O2. The zero-order chi connectivity index (χ0) is 19.3. The Kier molecular flexibility index (Phi) is 5.48. The first-order chi connectivity index (χ1) is 13.7. The molecule has 4 rings (SSSR count). The fourth-order valence-electron chi connectivity index (χ4n) is 3.31. The number of hydrogen-bond donors (Lipinski definition) is 1. The van der Waals surface area contributed by atoms with Gasteiger partial charge in [0.25, 0.3) is 5.91 Å². The molecule has 0 unspecified atom stereocenters. The summed E-state index contributed by atoms with van der Waals surface area (Å²) in [4.78, 5) is 21.2. The second-order valence-electron chi connectivity index (χ2n) is 6.62. The molecule has 1 saturated heterocycles. The van der Waals surface area contributed by atoms with Gasteiger partial charge >= 0.3 is 0 Å². The molecule has 6 nitrogen and oxygen atoms in total. The number of aromatic nitrogens is 1. The number of hydrogen-bond acceptors (Lipinski definition) is 5. The maximum atomic E-state index is 12.4. The zero-order valence-corrected chi connectivity index (χ0v) is 16.1. The van der Waals surface area contributed by atoms with Gasteiger partial charge in [-0.1, -0.05) is 17.7 Å². The lowest BCUT2D eigenvalue weighted by atomic mass is 10.2. The van der Waals surface area contributed by atoms with Crippen LogP contribution in [0.15, 0.2) is 65.4 Å². The van der Waals surface area contributed by atoms with Gasteiger partial charge in [0, 0.05) is 48.8 Å². The number of carbonyl (C=O) groups is 1. The highest BCUT2D eigenvalue weighted by atomic mass is 35.5. The number of pyridine rings is 1. The van der Waals surface area contributed by atoms with Crippen LogP contribution in [0.2, 0.25) is 5.02 Å². The molecule has 0 saturated carbocycles. The van der Waals surface area contributed by atoms with Crippen molar-refractivity contribution in [3.05, 3.63) is 77.5 Å². The number of nitrogens with one attached hydrogen (secondary N) is 1. The second kappa shape index (κ2) is 8.35. The van der Waals surface area contributed by atoms with E-state index in [2.05, 4.69) is 26.2 Å². The highest BCUT2D eigenvalue weighted by Crippen LogP contribution is 2.23. The quantitative estimate of drug-likeness (QED) is 0.714. The van der Waals surface area contributed by atoms with Crippen LogP contribution in [0.1, 0.15) is 16.2 Å². The third-order valence-electron chi connectivity index (χ3n) is 4.80. The monoisotopic (exact) mass is 396 g/mol. The van der Waals surface area contributed by atoms with Gasteiger partial charge in [0.2, 0.25) is 0 Å². The van der Waals surface area contributed by atoms with Crippen LogP contribution in [0.25, 0.3) is 0 Å². The summed E-state index contributed by atoms with van der Waals surface area (Å²) < 4.78 is 5.24. The van der Waals surface area contributed by atoms with Gasteiger partial charge < -0.3 is 19.5 Å². The van der Waals surface area contributed by atoms with Crippen LogP contribution in [0.3, 0.4) is 0 Å². The Morgan fingerprint density at radius 2 is 1.79 bits per heavy atom. The Labute approximate surface area is 168 Å². The van der Waals surface area contributed by atoms with E-state index in [4.69, 9.17) is 16.0 Å². The zero-order valence-electron chi connectivity index (χ0n) is 15.3. The highest BCUT2D eigenvalue weighted by molar-refractivity contribution is 6.30. The summed E-state index contributed by atoms with van der Waals surface area (Å²) in [5, 5.41) is 3.58. The van der Waals surface area contributed by atoms with E-state index in [0.717, 1.165) is 42.6 Å². The summed E-state index contributed by atoms with van der Waals surface area (Å²) in [6, 6.07) is 15.3. The van der Waals surface area contributed by atoms with Crippen molar-refractivity contribution in [1.82, 2.24) is 10.3 Å². The van der Waals surface area contributed by atoms with Gasteiger partial charge in [-0.25, -0.2) is 0 Å². The van der Waals surface area contributed by atoms with Gasteiger partial charge in [-0.3, -0.25) is 9.78 Å². The molecule has 28 heavy (non-hydrogen) atoms. The maximum Gasteiger partial charge on any atom is 0.270 e. The molecule has 1 aromatic carbocycles. The minimum absolute atomic E-state index is 0.212. The molecule has 144 valence electrons. The largest absolute Gasteiger partial charge is 0.467 e. The number of furan rings is 1. The average molecular weight is 397 g/mol. The Hall–Kier alpha value is -2.99. The first kappa shape index (κ1) is 18.4. The number of amides is 1. The van der Waals surface area contributed by atoms with E-state index in [0.29, 0.717) is 18.0 Å². The summed E-state index contributed by atoms with van der Waals surface area (Å²) in [7, 11) is 0. The number of carbonyl (C=O) groups excluding carboxylic acids is 1. The predicted molar refractivity (Wildman–Crippen MR) is 110 cm³/mol. The Bertz CT molecular complexity index is 937. The van der Waals surface area contributed by atoms with Crippen LogP contribution in [0.4, 0.5) is 11.4 Å². The van der Waals surface area contributed by atoms with E-state index in [1.165, 1.54) is 0 Å². The third kappa shape index (κ3) is 4.28. The first-order valence-electron chi connectivity index (χ1n) is 9.21. The van der Waals surface area contributed by atoms with Crippen molar-refractivity contribution in [2.45, 2.75) is 6.54 Å². The average Bonchev–Trinajstić information content (AvgIpc) is 3.26. The maximum absolute atomic E-state index is 12.4. The van der Waals surface area contributed by atoms with E-state index < -0.39 is 0 Å². The fraction of sp³-hybridized carbons (Fsp3) is 0.238. The molecule has 3 heterocycles. The van der Waals surface area contributed by atoms with Crippen LogP contribution >= 0.6 is 11.6 Å². The summed E-state index contributed by atoms with van der Waals surface area (Å²) in [6.45, 7) is 3.86. The molecule has 3 aromatic rings. The third-order valence-corrected chi connectivity index (χ3v) is 5.03. The van der Waals surface area contributed by atoms with Crippen molar-refractivity contribution >= 4 is 28.9 Å². The van der Waals surface area contributed by atoms with E-state index >= 15 is 0 Å². The predicted octanol–water partition coefficient (Wildman–Crippen LogP) is 3.58. The normalized spacial score (nSPS) is 14.2. The van der Waals surface area contributed by atoms with Gasteiger partial charge in [-0.05, 0) is 42.5 Å². The summed E-state index contributed by atoms with van der Waals surface area (Å²) >= 11 is 6.11. The molecule has 2 aromatic heterocycles. The summed E-state index contributed by atoms with van der Waals surface area (Å²) in [5.74, 6) is 0.498. The van der Waals surface area contributed by atoms with E-state index in [-0.39, 0.29) is 5.91 Å². The summed E-state index contributed by atoms with van der Waals surface area (Å²) in [6.07, 6.45) is 3.27. The van der Waals surface area contributed by atoms with Gasteiger partial charge in [-0.15, -0.1) is 0 Å². The fourth-order valence-corrected chi connectivity index (χ4v) is 3.49. The van der Waals surface area contributed by atoms with Crippen LogP contribution in [-0.2, 0) is 6.54 Å². The molecule has 1 aliphatic heterocycles. The van der Waals surface area contributed by atoms with Crippen molar-refractivity contribution in [2.75, 3.05) is 36.0 Å². The number of anilines is 2. The number of piperazine rings is 1. The number of benzene rings is 1. The van der Waals surface area contributed by atoms with Crippen molar-refractivity contribution < 1.29 is 9.21 Å². The van der Waals surface area contributed by atoms with E-state index in [9.17, 15) is 4.79 Å². The molecule has 1 fully saturated rings. The van der Waals surface area contributed by atoms with E-state index in [1.54, 1.807) is 18.5 Å². The smallest absolute Gasteiger partial charge is 0.270 e. The van der Waals surface area contributed by atoms with Crippen molar-refractivity contribution in [1.29, 1.82) is 0 Å². The number of halogens is 1. The lowest BCUT2D eigenvalue weighted by Crippen LogP contribution is -2.46. The van der Waals surface area contributed by atoms with Crippen molar-refractivity contribution in [3.8, 4) is 0 Å². The lowest BCUT2D eigenvalue weighted by molar-refractivity contribution is 0.0943. The molecular weight excluding hydrogens is 376 g/mol. The van der Waals surface area contributed by atoms with Crippen LogP contribution in [-0.4, -0.2) is 37.1 Å². The first-order valence-corrected chi connectivity index (χ1v) is 9.59. The Morgan fingerprint density at radius 3 is 2.46 bits per heavy atom. The molecule has 1 aliphatic rings. The van der Waals surface area contributed by atoms with Crippen LogP contribution in [0.5, 0.6) is 0 Å². The Morgan fingerprint density at radius 1 is 1.04 bits per heavy atom. The molecule has 7 heteroatoms. The van der Waals surface area contributed by atoms with Gasteiger partial charge in [0.15, 0.2) is 0 Å².